The van der Waals surface area contributed by atoms with Crippen molar-refractivity contribution in [2.75, 3.05) is 0 Å². The zero-order valence-corrected chi connectivity index (χ0v) is 12.9. The van der Waals surface area contributed by atoms with Gasteiger partial charge >= 0.3 is 0 Å². The average Bonchev–Trinajstić information content (AvgIpc) is 2.35. The number of hydrogen-bond acceptors (Lipinski definition) is 4. The Bertz CT molecular complexity index is 579. The maximum atomic E-state index is 4.63. The Kier molecular flexibility index (Phi) is 4.14. The Morgan fingerprint density at radius 1 is 1.05 bits per heavy atom. The standard InChI is InChI=1S/C16H22N4/c1-11-8-13(9-12(2)19-11)15-17-7-6-14(20-15)10-18-16(3,4)5/h6-9,18H,10H2,1-5H3. The summed E-state index contributed by atoms with van der Waals surface area (Å²) in [7, 11) is 0. The lowest BCUT2D eigenvalue weighted by Crippen LogP contribution is -2.35. The third-order valence-corrected chi connectivity index (χ3v) is 2.85. The van der Waals surface area contributed by atoms with Crippen LogP contribution in [-0.4, -0.2) is 20.5 Å². The maximum Gasteiger partial charge on any atom is 0.159 e. The lowest BCUT2D eigenvalue weighted by atomic mass is 10.1. The van der Waals surface area contributed by atoms with E-state index in [1.54, 1.807) is 0 Å². The molecule has 0 saturated carbocycles. The molecule has 0 aliphatic heterocycles. The summed E-state index contributed by atoms with van der Waals surface area (Å²) in [6, 6.07) is 5.98. The molecule has 4 heteroatoms. The Labute approximate surface area is 120 Å². The monoisotopic (exact) mass is 270 g/mol. The molecule has 2 aromatic heterocycles. The van der Waals surface area contributed by atoms with E-state index in [0.717, 1.165) is 35.0 Å². The normalized spacial score (nSPS) is 11.7. The summed E-state index contributed by atoms with van der Waals surface area (Å²) >= 11 is 0. The van der Waals surface area contributed by atoms with Crippen LogP contribution in [0.15, 0.2) is 24.4 Å². The lowest BCUT2D eigenvalue weighted by molar-refractivity contribution is 0.421. The van der Waals surface area contributed by atoms with Crippen molar-refractivity contribution in [2.24, 2.45) is 0 Å². The van der Waals surface area contributed by atoms with Crippen LogP contribution >= 0.6 is 0 Å². The van der Waals surface area contributed by atoms with Gasteiger partial charge in [-0.3, -0.25) is 4.98 Å². The van der Waals surface area contributed by atoms with Crippen LogP contribution in [0.4, 0.5) is 0 Å². The summed E-state index contributed by atoms with van der Waals surface area (Å²) in [6.07, 6.45) is 1.81. The quantitative estimate of drug-likeness (QED) is 0.931. The molecule has 2 aromatic rings. The minimum Gasteiger partial charge on any atom is -0.306 e. The van der Waals surface area contributed by atoms with E-state index in [1.165, 1.54) is 0 Å². The van der Waals surface area contributed by atoms with Crippen LogP contribution in [-0.2, 0) is 6.54 Å². The van der Waals surface area contributed by atoms with Crippen molar-refractivity contribution in [2.45, 2.75) is 46.7 Å². The van der Waals surface area contributed by atoms with Gasteiger partial charge in [0.25, 0.3) is 0 Å². The highest BCUT2D eigenvalue weighted by atomic mass is 15.0. The summed E-state index contributed by atoms with van der Waals surface area (Å²) in [5, 5.41) is 3.44. The maximum absolute atomic E-state index is 4.63. The molecule has 20 heavy (non-hydrogen) atoms. The van der Waals surface area contributed by atoms with Crippen LogP contribution in [0.25, 0.3) is 11.4 Å². The first-order valence-electron chi connectivity index (χ1n) is 6.86. The molecule has 0 saturated heterocycles. The molecule has 0 atom stereocenters. The van der Waals surface area contributed by atoms with Crippen LogP contribution in [0, 0.1) is 13.8 Å². The van der Waals surface area contributed by atoms with E-state index in [9.17, 15) is 0 Å². The highest BCUT2D eigenvalue weighted by Crippen LogP contribution is 2.17. The highest BCUT2D eigenvalue weighted by Gasteiger charge is 2.10. The molecule has 0 bridgehead atoms. The summed E-state index contributed by atoms with van der Waals surface area (Å²) in [5.74, 6) is 0.756. The predicted molar refractivity (Wildman–Crippen MR) is 81.3 cm³/mol. The number of aryl methyl sites for hydroxylation is 2. The molecular weight excluding hydrogens is 248 g/mol. The Morgan fingerprint density at radius 3 is 2.30 bits per heavy atom. The average molecular weight is 270 g/mol. The summed E-state index contributed by atoms with van der Waals surface area (Å²) in [5.41, 5.74) is 4.07. The van der Waals surface area contributed by atoms with Crippen molar-refractivity contribution < 1.29 is 0 Å². The van der Waals surface area contributed by atoms with Crippen molar-refractivity contribution in [1.29, 1.82) is 0 Å². The molecule has 0 radical (unpaired) electrons. The number of aromatic nitrogens is 3. The van der Waals surface area contributed by atoms with E-state index in [1.807, 2.05) is 38.2 Å². The van der Waals surface area contributed by atoms with Crippen LogP contribution in [0.2, 0.25) is 0 Å². The van der Waals surface area contributed by atoms with Crippen molar-refractivity contribution in [1.82, 2.24) is 20.3 Å². The van der Waals surface area contributed by atoms with Gasteiger partial charge in [0.05, 0.1) is 5.69 Å². The van der Waals surface area contributed by atoms with Gasteiger partial charge in [-0.25, -0.2) is 9.97 Å². The van der Waals surface area contributed by atoms with Gasteiger partial charge in [-0.05, 0) is 52.8 Å². The highest BCUT2D eigenvalue weighted by molar-refractivity contribution is 5.55. The first kappa shape index (κ1) is 14.6. The number of hydrogen-bond donors (Lipinski definition) is 1. The second-order valence-corrected chi connectivity index (χ2v) is 6.11. The molecule has 0 unspecified atom stereocenters. The largest absolute Gasteiger partial charge is 0.306 e. The van der Waals surface area contributed by atoms with Gasteiger partial charge < -0.3 is 5.32 Å². The Hall–Kier alpha value is -1.81. The number of nitrogens with zero attached hydrogens (tertiary/aromatic N) is 3. The summed E-state index contributed by atoms with van der Waals surface area (Å²) in [4.78, 5) is 13.4. The van der Waals surface area contributed by atoms with E-state index >= 15 is 0 Å². The van der Waals surface area contributed by atoms with Crippen molar-refractivity contribution in [3.63, 3.8) is 0 Å². The molecule has 0 aromatic carbocycles. The summed E-state index contributed by atoms with van der Waals surface area (Å²) < 4.78 is 0. The van der Waals surface area contributed by atoms with Crippen LogP contribution in [0.1, 0.15) is 37.9 Å². The number of pyridine rings is 1. The predicted octanol–water partition coefficient (Wildman–Crippen LogP) is 3.04. The fraction of sp³-hybridized carbons (Fsp3) is 0.438. The van der Waals surface area contributed by atoms with Crippen LogP contribution in [0.5, 0.6) is 0 Å². The van der Waals surface area contributed by atoms with Gasteiger partial charge in [0.15, 0.2) is 5.82 Å². The first-order chi connectivity index (χ1) is 9.33. The third kappa shape index (κ3) is 4.10. The Balaban J connectivity index is 2.25. The molecule has 4 nitrogen and oxygen atoms in total. The minimum absolute atomic E-state index is 0.0783. The molecule has 1 N–H and O–H groups in total. The van der Waals surface area contributed by atoms with E-state index in [4.69, 9.17) is 0 Å². The summed E-state index contributed by atoms with van der Waals surface area (Å²) in [6.45, 7) is 11.1. The Morgan fingerprint density at radius 2 is 1.70 bits per heavy atom. The van der Waals surface area contributed by atoms with E-state index in [-0.39, 0.29) is 5.54 Å². The molecule has 0 aliphatic rings. The molecule has 106 valence electrons. The lowest BCUT2D eigenvalue weighted by Gasteiger charge is -2.20. The molecular formula is C16H22N4. The molecule has 0 aliphatic carbocycles. The fourth-order valence-electron chi connectivity index (χ4n) is 1.95. The van der Waals surface area contributed by atoms with E-state index in [0.29, 0.717) is 0 Å². The van der Waals surface area contributed by atoms with Crippen LogP contribution < -0.4 is 5.32 Å². The first-order valence-corrected chi connectivity index (χ1v) is 6.86. The molecule has 2 heterocycles. The minimum atomic E-state index is 0.0783. The van der Waals surface area contributed by atoms with Crippen molar-refractivity contribution in [3.8, 4) is 11.4 Å². The molecule has 0 fully saturated rings. The van der Waals surface area contributed by atoms with Gasteiger partial charge in [-0.15, -0.1) is 0 Å². The van der Waals surface area contributed by atoms with Gasteiger partial charge in [-0.1, -0.05) is 0 Å². The van der Waals surface area contributed by atoms with Gasteiger partial charge in [0, 0.05) is 35.2 Å². The third-order valence-electron chi connectivity index (χ3n) is 2.85. The molecule has 2 rings (SSSR count). The van der Waals surface area contributed by atoms with E-state index in [2.05, 4.69) is 41.0 Å². The molecule has 0 amide bonds. The van der Waals surface area contributed by atoms with Crippen LogP contribution in [0.3, 0.4) is 0 Å². The number of nitrogens with one attached hydrogen (secondary N) is 1. The van der Waals surface area contributed by atoms with E-state index < -0.39 is 0 Å². The van der Waals surface area contributed by atoms with Crippen molar-refractivity contribution >= 4 is 0 Å². The zero-order valence-electron chi connectivity index (χ0n) is 12.9. The SMILES string of the molecule is Cc1cc(-c2nccc(CNC(C)(C)C)n2)cc(C)n1. The zero-order chi connectivity index (χ0) is 14.8. The van der Waals surface area contributed by atoms with Gasteiger partial charge in [0.1, 0.15) is 0 Å². The molecule has 0 spiro atoms. The topological polar surface area (TPSA) is 50.7 Å². The fourth-order valence-corrected chi connectivity index (χ4v) is 1.95. The number of rotatable bonds is 3. The van der Waals surface area contributed by atoms with Gasteiger partial charge in [-0.2, -0.15) is 0 Å². The second-order valence-electron chi connectivity index (χ2n) is 6.11. The van der Waals surface area contributed by atoms with Gasteiger partial charge in [0.2, 0.25) is 0 Å². The smallest absolute Gasteiger partial charge is 0.159 e. The van der Waals surface area contributed by atoms with Crippen molar-refractivity contribution in [3.05, 3.63) is 41.5 Å². The second kappa shape index (κ2) is 5.67.